The molecule has 0 spiro atoms. The molecule has 8 heteroatoms. The molecule has 0 saturated carbocycles. The Balaban J connectivity index is 1.52. The van der Waals surface area contributed by atoms with Gasteiger partial charge in [0.15, 0.2) is 0 Å². The molecule has 1 unspecified atom stereocenters. The minimum atomic E-state index is -0.0775. The van der Waals surface area contributed by atoms with E-state index < -0.39 is 0 Å². The fourth-order valence-corrected chi connectivity index (χ4v) is 3.59. The third kappa shape index (κ3) is 4.26. The first kappa shape index (κ1) is 19.4. The van der Waals surface area contributed by atoms with Crippen LogP contribution in [0.15, 0.2) is 55.0 Å². The molecule has 3 aromatic rings. The highest BCUT2D eigenvalue weighted by atomic mass is 35.5. The third-order valence-electron chi connectivity index (χ3n) is 4.89. The normalized spacial score (nSPS) is 15.2. The number of hydrogen-bond donors (Lipinski definition) is 1. The van der Waals surface area contributed by atoms with Crippen LogP contribution in [0.4, 0.5) is 5.82 Å². The molecule has 1 atom stereocenters. The average molecular weight is 412 g/mol. The number of morpholine rings is 1. The number of nitrogens with zero attached hydrogens (tertiary/aromatic N) is 4. The first-order chi connectivity index (χ1) is 14.1. The Bertz CT molecular complexity index is 986. The molecular formula is C21H22ClN5O2. The van der Waals surface area contributed by atoms with Crippen LogP contribution in [0.5, 0.6) is 0 Å². The summed E-state index contributed by atoms with van der Waals surface area (Å²) in [5.41, 5.74) is 2.52. The number of hydrogen-bond acceptors (Lipinski definition) is 5. The molecule has 1 aliphatic heterocycles. The van der Waals surface area contributed by atoms with Crippen molar-refractivity contribution in [3.05, 3.63) is 71.1 Å². The van der Waals surface area contributed by atoms with Gasteiger partial charge in [-0.3, -0.25) is 4.79 Å². The van der Waals surface area contributed by atoms with E-state index >= 15 is 0 Å². The van der Waals surface area contributed by atoms with Gasteiger partial charge in [0.1, 0.15) is 5.82 Å². The Morgan fingerprint density at radius 2 is 2.03 bits per heavy atom. The number of aromatic nitrogens is 3. The molecule has 0 bridgehead atoms. The van der Waals surface area contributed by atoms with E-state index in [1.807, 2.05) is 48.1 Å². The van der Waals surface area contributed by atoms with Gasteiger partial charge in [-0.05, 0) is 30.7 Å². The molecule has 3 heterocycles. The van der Waals surface area contributed by atoms with Crippen LogP contribution in [-0.4, -0.2) is 51.9 Å². The van der Waals surface area contributed by atoms with E-state index in [0.717, 1.165) is 11.3 Å². The van der Waals surface area contributed by atoms with Gasteiger partial charge < -0.3 is 15.0 Å². The van der Waals surface area contributed by atoms with Crippen molar-refractivity contribution >= 4 is 23.3 Å². The SMILES string of the molecule is CC(Nc1ncc(C(=O)N2CCOCC2)cc1Cl)c1ccccc1-n1cccn1. The molecule has 0 aliphatic carbocycles. The van der Waals surface area contributed by atoms with Gasteiger partial charge in [0.25, 0.3) is 5.91 Å². The van der Waals surface area contributed by atoms with Crippen LogP contribution < -0.4 is 5.32 Å². The van der Waals surface area contributed by atoms with Crippen molar-refractivity contribution in [1.82, 2.24) is 19.7 Å². The smallest absolute Gasteiger partial charge is 0.255 e. The maximum Gasteiger partial charge on any atom is 0.255 e. The monoisotopic (exact) mass is 411 g/mol. The van der Waals surface area contributed by atoms with Crippen LogP contribution in [0.25, 0.3) is 5.69 Å². The molecule has 150 valence electrons. The van der Waals surface area contributed by atoms with Crippen molar-refractivity contribution in [2.75, 3.05) is 31.6 Å². The minimum Gasteiger partial charge on any atom is -0.378 e. The van der Waals surface area contributed by atoms with Crippen molar-refractivity contribution in [1.29, 1.82) is 0 Å². The predicted octanol–water partition coefficient (Wildman–Crippen LogP) is 3.57. The number of para-hydroxylation sites is 1. The lowest BCUT2D eigenvalue weighted by atomic mass is 10.1. The van der Waals surface area contributed by atoms with Gasteiger partial charge in [-0.2, -0.15) is 5.10 Å². The zero-order valence-corrected chi connectivity index (χ0v) is 16.8. The fourth-order valence-electron chi connectivity index (χ4n) is 3.37. The summed E-state index contributed by atoms with van der Waals surface area (Å²) in [6.45, 7) is 4.31. The lowest BCUT2D eigenvalue weighted by Crippen LogP contribution is -2.40. The van der Waals surface area contributed by atoms with Crippen LogP contribution in [-0.2, 0) is 4.74 Å². The maximum atomic E-state index is 12.6. The highest BCUT2D eigenvalue weighted by Crippen LogP contribution is 2.28. The number of carbonyl (C=O) groups excluding carboxylic acids is 1. The number of amides is 1. The molecule has 1 amide bonds. The quantitative estimate of drug-likeness (QED) is 0.694. The zero-order valence-electron chi connectivity index (χ0n) is 16.1. The Morgan fingerprint density at radius 3 is 2.76 bits per heavy atom. The number of benzene rings is 1. The highest BCUT2D eigenvalue weighted by Gasteiger charge is 2.20. The van der Waals surface area contributed by atoms with Gasteiger partial charge in [0, 0.05) is 31.7 Å². The summed E-state index contributed by atoms with van der Waals surface area (Å²) in [4.78, 5) is 18.8. The van der Waals surface area contributed by atoms with E-state index in [9.17, 15) is 4.79 Å². The summed E-state index contributed by atoms with van der Waals surface area (Å²) in [5.74, 6) is 0.458. The largest absolute Gasteiger partial charge is 0.378 e. The lowest BCUT2D eigenvalue weighted by Gasteiger charge is -2.27. The second-order valence-corrected chi connectivity index (χ2v) is 7.24. The van der Waals surface area contributed by atoms with Gasteiger partial charge in [0.05, 0.1) is 35.5 Å². The van der Waals surface area contributed by atoms with Crippen LogP contribution in [0.1, 0.15) is 28.9 Å². The van der Waals surface area contributed by atoms with Gasteiger partial charge in [0.2, 0.25) is 0 Å². The molecule has 1 fully saturated rings. The average Bonchev–Trinajstić information content (AvgIpc) is 3.30. The Labute approximate surface area is 174 Å². The standard InChI is InChI=1S/C21H22ClN5O2/c1-15(17-5-2-3-6-19(17)27-8-4-7-24-27)25-20-18(22)13-16(14-23-20)21(28)26-9-11-29-12-10-26/h2-8,13-15H,9-12H2,1H3,(H,23,25). The van der Waals surface area contributed by atoms with Crippen LogP contribution in [0.2, 0.25) is 5.02 Å². The second kappa shape index (κ2) is 8.63. The van der Waals surface area contributed by atoms with E-state index in [-0.39, 0.29) is 11.9 Å². The van der Waals surface area contributed by atoms with Crippen molar-refractivity contribution < 1.29 is 9.53 Å². The molecule has 7 nitrogen and oxygen atoms in total. The molecule has 2 aromatic heterocycles. The maximum absolute atomic E-state index is 12.6. The lowest BCUT2D eigenvalue weighted by molar-refractivity contribution is 0.0302. The van der Waals surface area contributed by atoms with E-state index in [1.54, 1.807) is 23.4 Å². The number of carbonyl (C=O) groups is 1. The topological polar surface area (TPSA) is 72.3 Å². The molecule has 1 saturated heterocycles. The summed E-state index contributed by atoms with van der Waals surface area (Å²) in [6.07, 6.45) is 5.22. The summed E-state index contributed by atoms with van der Waals surface area (Å²) in [6, 6.07) is 11.5. The van der Waals surface area contributed by atoms with E-state index in [1.165, 1.54) is 0 Å². The molecule has 1 aromatic carbocycles. The Kier molecular flexibility index (Phi) is 5.78. The zero-order chi connectivity index (χ0) is 20.2. The molecule has 1 N–H and O–H groups in total. The number of nitrogens with one attached hydrogen (secondary N) is 1. The van der Waals surface area contributed by atoms with Crippen molar-refractivity contribution in [2.24, 2.45) is 0 Å². The van der Waals surface area contributed by atoms with Crippen LogP contribution in [0, 0.1) is 0 Å². The predicted molar refractivity (Wildman–Crippen MR) is 112 cm³/mol. The van der Waals surface area contributed by atoms with Gasteiger partial charge in [-0.25, -0.2) is 9.67 Å². The summed E-state index contributed by atoms with van der Waals surface area (Å²) < 4.78 is 7.13. The van der Waals surface area contributed by atoms with Gasteiger partial charge in [-0.1, -0.05) is 29.8 Å². The number of anilines is 1. The Morgan fingerprint density at radius 1 is 1.24 bits per heavy atom. The highest BCUT2D eigenvalue weighted by molar-refractivity contribution is 6.33. The molecule has 0 radical (unpaired) electrons. The Hall–Kier alpha value is -2.90. The minimum absolute atomic E-state index is 0.0683. The van der Waals surface area contributed by atoms with E-state index in [4.69, 9.17) is 16.3 Å². The summed E-state index contributed by atoms with van der Waals surface area (Å²) in [5, 5.41) is 8.08. The van der Waals surface area contributed by atoms with E-state index in [0.29, 0.717) is 42.7 Å². The molecule has 29 heavy (non-hydrogen) atoms. The van der Waals surface area contributed by atoms with Gasteiger partial charge in [-0.15, -0.1) is 0 Å². The molecule has 4 rings (SSSR count). The van der Waals surface area contributed by atoms with Crippen molar-refractivity contribution in [2.45, 2.75) is 13.0 Å². The summed E-state index contributed by atoms with van der Waals surface area (Å²) in [7, 11) is 0. The van der Waals surface area contributed by atoms with Crippen LogP contribution >= 0.6 is 11.6 Å². The summed E-state index contributed by atoms with van der Waals surface area (Å²) >= 11 is 6.45. The number of rotatable bonds is 5. The fraction of sp³-hybridized carbons (Fsp3) is 0.286. The van der Waals surface area contributed by atoms with E-state index in [2.05, 4.69) is 15.4 Å². The molecular weight excluding hydrogens is 390 g/mol. The third-order valence-corrected chi connectivity index (χ3v) is 5.18. The van der Waals surface area contributed by atoms with Crippen LogP contribution in [0.3, 0.4) is 0 Å². The van der Waals surface area contributed by atoms with Crippen molar-refractivity contribution in [3.63, 3.8) is 0 Å². The first-order valence-corrected chi connectivity index (χ1v) is 9.89. The number of halogens is 1. The number of pyridine rings is 1. The molecule has 1 aliphatic rings. The first-order valence-electron chi connectivity index (χ1n) is 9.51. The van der Waals surface area contributed by atoms with Gasteiger partial charge >= 0.3 is 0 Å². The van der Waals surface area contributed by atoms with Crippen molar-refractivity contribution in [3.8, 4) is 5.69 Å². The number of ether oxygens (including phenoxy) is 1. The second-order valence-electron chi connectivity index (χ2n) is 6.83.